The molecule has 5 heteroatoms. The first-order chi connectivity index (χ1) is 7.90. The fraction of sp³-hybridized carbons (Fsp3) is 0.500. The van der Waals surface area contributed by atoms with Crippen LogP contribution in [0.2, 0.25) is 0 Å². The zero-order valence-electron chi connectivity index (χ0n) is 10.7. The van der Waals surface area contributed by atoms with Gasteiger partial charge in [-0.2, -0.15) is 0 Å². The van der Waals surface area contributed by atoms with E-state index in [2.05, 4.69) is 10.3 Å². The van der Waals surface area contributed by atoms with E-state index >= 15 is 0 Å². The van der Waals surface area contributed by atoms with Crippen molar-refractivity contribution in [1.29, 1.82) is 0 Å². The average Bonchev–Trinajstić information content (AvgIpc) is 2.23. The van der Waals surface area contributed by atoms with Gasteiger partial charge in [0.1, 0.15) is 5.69 Å². The molecular formula is C12H19N3O2. The van der Waals surface area contributed by atoms with Gasteiger partial charge in [0.15, 0.2) is 5.43 Å². The third-order valence-electron chi connectivity index (χ3n) is 2.66. The lowest BCUT2D eigenvalue weighted by Crippen LogP contribution is -2.38. The van der Waals surface area contributed by atoms with Crippen LogP contribution in [-0.2, 0) is 0 Å². The molecule has 5 nitrogen and oxygen atoms in total. The maximum absolute atomic E-state index is 11.8. The number of amides is 1. The van der Waals surface area contributed by atoms with Gasteiger partial charge in [0, 0.05) is 30.4 Å². The van der Waals surface area contributed by atoms with Crippen LogP contribution in [0.15, 0.2) is 16.9 Å². The number of likely N-dealkylation sites (N-methyl/N-ethyl adjacent to an activating group) is 1. The van der Waals surface area contributed by atoms with E-state index in [0.717, 1.165) is 0 Å². The van der Waals surface area contributed by atoms with Crippen molar-refractivity contribution < 1.29 is 4.79 Å². The van der Waals surface area contributed by atoms with Gasteiger partial charge in [-0.3, -0.25) is 9.59 Å². The molecule has 1 heterocycles. The number of hydrogen-bond donors (Lipinski definition) is 2. The third-order valence-corrected chi connectivity index (χ3v) is 2.66. The molecule has 0 fully saturated rings. The predicted molar refractivity (Wildman–Crippen MR) is 67.3 cm³/mol. The number of rotatable bonds is 4. The van der Waals surface area contributed by atoms with Crippen molar-refractivity contribution in [3.05, 3.63) is 33.7 Å². The van der Waals surface area contributed by atoms with Crippen LogP contribution in [0.25, 0.3) is 0 Å². The Labute approximate surface area is 101 Å². The molecule has 94 valence electrons. The molecule has 1 rings (SSSR count). The number of aromatic amines is 1. The van der Waals surface area contributed by atoms with Gasteiger partial charge in [0.25, 0.3) is 5.91 Å². The van der Waals surface area contributed by atoms with Crippen LogP contribution in [0.5, 0.6) is 0 Å². The summed E-state index contributed by atoms with van der Waals surface area (Å²) in [6.45, 7) is 4.31. The molecule has 0 aliphatic heterocycles. The summed E-state index contributed by atoms with van der Waals surface area (Å²) in [5, 5.41) is 2.78. The molecule has 2 N–H and O–H groups in total. The summed E-state index contributed by atoms with van der Waals surface area (Å²) in [5.74, 6) is -0.250. The van der Waals surface area contributed by atoms with Crippen molar-refractivity contribution in [3.8, 4) is 0 Å². The molecule has 0 spiro atoms. The molecule has 1 aromatic heterocycles. The maximum atomic E-state index is 11.8. The lowest BCUT2D eigenvalue weighted by Gasteiger charge is -2.19. The van der Waals surface area contributed by atoms with Gasteiger partial charge < -0.3 is 15.2 Å². The van der Waals surface area contributed by atoms with Crippen molar-refractivity contribution in [2.45, 2.75) is 19.9 Å². The minimum Gasteiger partial charge on any atom is -0.354 e. The van der Waals surface area contributed by atoms with E-state index in [-0.39, 0.29) is 17.4 Å². The summed E-state index contributed by atoms with van der Waals surface area (Å²) in [6.07, 6.45) is 0. The van der Waals surface area contributed by atoms with Crippen LogP contribution < -0.4 is 10.7 Å². The van der Waals surface area contributed by atoms with Gasteiger partial charge in [0.05, 0.1) is 0 Å². The van der Waals surface area contributed by atoms with Gasteiger partial charge in [-0.15, -0.1) is 0 Å². The first kappa shape index (κ1) is 13.4. The van der Waals surface area contributed by atoms with Crippen molar-refractivity contribution in [2.24, 2.45) is 0 Å². The molecule has 0 aromatic carbocycles. The second-order valence-corrected chi connectivity index (χ2v) is 4.44. The molecule has 1 aromatic rings. The quantitative estimate of drug-likeness (QED) is 0.795. The summed E-state index contributed by atoms with van der Waals surface area (Å²) in [5.41, 5.74) is 0.830. The van der Waals surface area contributed by atoms with Crippen molar-refractivity contribution in [1.82, 2.24) is 15.2 Å². The average molecular weight is 237 g/mol. The zero-order chi connectivity index (χ0) is 13.0. The Morgan fingerprint density at radius 3 is 2.65 bits per heavy atom. The van der Waals surface area contributed by atoms with Gasteiger partial charge in [-0.25, -0.2) is 0 Å². The summed E-state index contributed by atoms with van der Waals surface area (Å²) < 4.78 is 0. The Morgan fingerprint density at radius 2 is 2.12 bits per heavy atom. The SMILES string of the molecule is Cc1cc(=O)cc(C(=O)NC[C@@H](C)N(C)C)[nH]1. The Balaban J connectivity index is 2.67. The Kier molecular flexibility index (Phi) is 4.45. The molecule has 0 bridgehead atoms. The van der Waals surface area contributed by atoms with E-state index in [1.165, 1.54) is 12.1 Å². The highest BCUT2D eigenvalue weighted by Crippen LogP contribution is 1.95. The van der Waals surface area contributed by atoms with Gasteiger partial charge in [0.2, 0.25) is 0 Å². The molecule has 0 saturated heterocycles. The van der Waals surface area contributed by atoms with Crippen molar-refractivity contribution >= 4 is 5.91 Å². The number of H-pyrrole nitrogens is 1. The molecule has 0 saturated carbocycles. The number of hydrogen-bond acceptors (Lipinski definition) is 3. The minimum atomic E-state index is -0.250. The highest BCUT2D eigenvalue weighted by molar-refractivity contribution is 5.92. The number of pyridine rings is 1. The molecule has 17 heavy (non-hydrogen) atoms. The lowest BCUT2D eigenvalue weighted by molar-refractivity contribution is 0.0938. The number of nitrogens with zero attached hydrogens (tertiary/aromatic N) is 1. The first-order valence-electron chi connectivity index (χ1n) is 5.55. The maximum Gasteiger partial charge on any atom is 0.267 e. The lowest BCUT2D eigenvalue weighted by atomic mass is 10.2. The predicted octanol–water partition coefficient (Wildman–Crippen LogP) is 0.363. The molecule has 0 radical (unpaired) electrons. The molecule has 0 aliphatic carbocycles. The standard InChI is InChI=1S/C12H19N3O2/c1-8-5-10(16)6-11(14-8)12(17)13-7-9(2)15(3)4/h5-6,9H,7H2,1-4H3,(H,13,17)(H,14,16)/t9-/m1/s1. The summed E-state index contributed by atoms with van der Waals surface area (Å²) in [7, 11) is 3.90. The highest BCUT2D eigenvalue weighted by Gasteiger charge is 2.10. The summed E-state index contributed by atoms with van der Waals surface area (Å²) in [6, 6.07) is 3.01. The van der Waals surface area contributed by atoms with Crippen LogP contribution in [0.1, 0.15) is 23.1 Å². The van der Waals surface area contributed by atoms with E-state index in [9.17, 15) is 9.59 Å². The minimum absolute atomic E-state index is 0.160. The number of aromatic nitrogens is 1. The van der Waals surface area contributed by atoms with Crippen LogP contribution in [0, 0.1) is 6.92 Å². The number of carbonyl (C=O) groups is 1. The molecule has 1 atom stereocenters. The zero-order valence-corrected chi connectivity index (χ0v) is 10.7. The van der Waals surface area contributed by atoms with E-state index in [0.29, 0.717) is 17.9 Å². The van der Waals surface area contributed by atoms with Crippen LogP contribution >= 0.6 is 0 Å². The molecular weight excluding hydrogens is 218 g/mol. The third kappa shape index (κ3) is 4.03. The normalized spacial score (nSPS) is 12.5. The summed E-state index contributed by atoms with van der Waals surface area (Å²) >= 11 is 0. The van der Waals surface area contributed by atoms with Crippen LogP contribution in [-0.4, -0.2) is 42.5 Å². The topological polar surface area (TPSA) is 65.2 Å². The Morgan fingerprint density at radius 1 is 1.47 bits per heavy atom. The fourth-order valence-electron chi connectivity index (χ4n) is 1.32. The molecule has 1 amide bonds. The fourth-order valence-corrected chi connectivity index (χ4v) is 1.32. The van der Waals surface area contributed by atoms with Crippen molar-refractivity contribution in [2.75, 3.05) is 20.6 Å². The molecule has 0 unspecified atom stereocenters. The second kappa shape index (κ2) is 5.63. The van der Waals surface area contributed by atoms with Crippen LogP contribution in [0.4, 0.5) is 0 Å². The smallest absolute Gasteiger partial charge is 0.267 e. The highest BCUT2D eigenvalue weighted by atomic mass is 16.2. The van der Waals surface area contributed by atoms with Crippen molar-refractivity contribution in [3.63, 3.8) is 0 Å². The largest absolute Gasteiger partial charge is 0.354 e. The van der Waals surface area contributed by atoms with Crippen LogP contribution in [0.3, 0.4) is 0 Å². The first-order valence-corrected chi connectivity index (χ1v) is 5.55. The molecule has 0 aliphatic rings. The van der Waals surface area contributed by atoms with Gasteiger partial charge >= 0.3 is 0 Å². The van der Waals surface area contributed by atoms with E-state index in [1.807, 2.05) is 25.9 Å². The van der Waals surface area contributed by atoms with Gasteiger partial charge in [-0.1, -0.05) is 0 Å². The number of nitrogens with one attached hydrogen (secondary N) is 2. The summed E-state index contributed by atoms with van der Waals surface area (Å²) in [4.78, 5) is 27.9. The number of aryl methyl sites for hydroxylation is 1. The second-order valence-electron chi connectivity index (χ2n) is 4.44. The Hall–Kier alpha value is -1.62. The monoisotopic (exact) mass is 237 g/mol. The van der Waals surface area contributed by atoms with E-state index in [4.69, 9.17) is 0 Å². The van der Waals surface area contributed by atoms with Gasteiger partial charge in [-0.05, 0) is 27.9 Å². The van der Waals surface area contributed by atoms with E-state index in [1.54, 1.807) is 6.92 Å². The Bertz CT molecular complexity index is 451. The van der Waals surface area contributed by atoms with E-state index < -0.39 is 0 Å². The number of carbonyl (C=O) groups excluding carboxylic acids is 1.